The number of thiophene rings is 1. The van der Waals surface area contributed by atoms with Gasteiger partial charge in [-0.2, -0.15) is 4.98 Å². The molecule has 96 valence electrons. The SMILES string of the molecule is Clc1cccc(SCc2nc(-c3cccs3)no2)c1. The van der Waals surface area contributed by atoms with Gasteiger partial charge in [0.05, 0.1) is 10.6 Å². The van der Waals surface area contributed by atoms with Gasteiger partial charge in [0.15, 0.2) is 0 Å². The lowest BCUT2D eigenvalue weighted by Crippen LogP contribution is -1.81. The van der Waals surface area contributed by atoms with Gasteiger partial charge in [-0.25, -0.2) is 0 Å². The highest BCUT2D eigenvalue weighted by molar-refractivity contribution is 7.98. The van der Waals surface area contributed by atoms with Gasteiger partial charge in [0.1, 0.15) is 0 Å². The van der Waals surface area contributed by atoms with Gasteiger partial charge < -0.3 is 4.52 Å². The van der Waals surface area contributed by atoms with Gasteiger partial charge in [-0.15, -0.1) is 23.1 Å². The minimum Gasteiger partial charge on any atom is -0.338 e. The predicted molar refractivity (Wildman–Crippen MR) is 78.6 cm³/mol. The molecule has 0 aliphatic carbocycles. The van der Waals surface area contributed by atoms with Crippen LogP contribution in [-0.4, -0.2) is 10.1 Å². The summed E-state index contributed by atoms with van der Waals surface area (Å²) in [5, 5.41) is 6.70. The summed E-state index contributed by atoms with van der Waals surface area (Å²) >= 11 is 9.15. The van der Waals surface area contributed by atoms with Crippen LogP contribution in [0.1, 0.15) is 5.89 Å². The zero-order valence-corrected chi connectivity index (χ0v) is 12.1. The third-order valence-electron chi connectivity index (χ3n) is 2.37. The Hall–Kier alpha value is -1.30. The first-order valence-electron chi connectivity index (χ1n) is 5.56. The molecule has 0 aliphatic rings. The molecule has 0 amide bonds. The van der Waals surface area contributed by atoms with Crippen molar-refractivity contribution < 1.29 is 4.52 Å². The molecule has 0 unspecified atom stereocenters. The zero-order valence-electron chi connectivity index (χ0n) is 9.75. The molecular formula is C13H9ClN2OS2. The van der Waals surface area contributed by atoms with E-state index in [1.54, 1.807) is 23.1 Å². The van der Waals surface area contributed by atoms with Crippen LogP contribution in [0.3, 0.4) is 0 Å². The Balaban J connectivity index is 1.68. The van der Waals surface area contributed by atoms with Crippen molar-refractivity contribution in [2.24, 2.45) is 0 Å². The average Bonchev–Trinajstić information content (AvgIpc) is 3.07. The molecule has 3 rings (SSSR count). The highest BCUT2D eigenvalue weighted by Crippen LogP contribution is 2.26. The lowest BCUT2D eigenvalue weighted by Gasteiger charge is -1.98. The molecule has 0 fully saturated rings. The third-order valence-corrected chi connectivity index (χ3v) is 4.45. The van der Waals surface area contributed by atoms with Crippen LogP contribution in [0.5, 0.6) is 0 Å². The van der Waals surface area contributed by atoms with Gasteiger partial charge in [-0.1, -0.05) is 28.9 Å². The van der Waals surface area contributed by atoms with E-state index in [9.17, 15) is 0 Å². The van der Waals surface area contributed by atoms with Gasteiger partial charge in [-0.05, 0) is 29.6 Å². The minimum absolute atomic E-state index is 0.619. The Morgan fingerprint density at radius 2 is 2.21 bits per heavy atom. The fourth-order valence-electron chi connectivity index (χ4n) is 1.52. The molecule has 2 heterocycles. The molecule has 0 bridgehead atoms. The van der Waals surface area contributed by atoms with E-state index in [2.05, 4.69) is 10.1 Å². The van der Waals surface area contributed by atoms with E-state index >= 15 is 0 Å². The Bertz CT molecular complexity index is 667. The van der Waals surface area contributed by atoms with Crippen LogP contribution in [0.2, 0.25) is 5.02 Å². The topological polar surface area (TPSA) is 38.9 Å². The van der Waals surface area contributed by atoms with Gasteiger partial charge in [0, 0.05) is 9.92 Å². The van der Waals surface area contributed by atoms with Crippen LogP contribution < -0.4 is 0 Å². The summed E-state index contributed by atoms with van der Waals surface area (Å²) in [7, 11) is 0. The van der Waals surface area contributed by atoms with Crippen molar-refractivity contribution in [1.29, 1.82) is 0 Å². The first-order valence-corrected chi connectivity index (χ1v) is 7.80. The number of thioether (sulfide) groups is 1. The summed E-state index contributed by atoms with van der Waals surface area (Å²) in [6.07, 6.45) is 0. The molecule has 0 N–H and O–H groups in total. The van der Waals surface area contributed by atoms with Crippen LogP contribution in [0, 0.1) is 0 Å². The minimum atomic E-state index is 0.619. The monoisotopic (exact) mass is 308 g/mol. The van der Waals surface area contributed by atoms with Crippen molar-refractivity contribution in [3.05, 3.63) is 52.7 Å². The number of rotatable bonds is 4. The van der Waals surface area contributed by atoms with Crippen molar-refractivity contribution >= 4 is 34.7 Å². The predicted octanol–water partition coefficient (Wildman–Crippen LogP) is 4.74. The summed E-state index contributed by atoms with van der Waals surface area (Å²) in [5.74, 6) is 1.91. The first kappa shape index (κ1) is 12.7. The van der Waals surface area contributed by atoms with Gasteiger partial charge in [-0.3, -0.25) is 0 Å². The summed E-state index contributed by atoms with van der Waals surface area (Å²) in [6.45, 7) is 0. The molecule has 0 atom stereocenters. The van der Waals surface area contributed by atoms with Crippen LogP contribution in [0.25, 0.3) is 10.7 Å². The van der Waals surface area contributed by atoms with Gasteiger partial charge in [0.2, 0.25) is 11.7 Å². The fourth-order valence-corrected chi connectivity index (χ4v) is 3.22. The molecule has 0 aliphatic heterocycles. The van der Waals surface area contributed by atoms with E-state index in [0.717, 1.165) is 14.8 Å². The molecule has 3 aromatic rings. The lowest BCUT2D eigenvalue weighted by atomic mass is 10.4. The first-order chi connectivity index (χ1) is 9.31. The fraction of sp³-hybridized carbons (Fsp3) is 0.0769. The van der Waals surface area contributed by atoms with E-state index in [-0.39, 0.29) is 0 Å². The largest absolute Gasteiger partial charge is 0.338 e. The maximum atomic E-state index is 5.93. The average molecular weight is 309 g/mol. The van der Waals surface area contributed by atoms with Crippen molar-refractivity contribution in [3.63, 3.8) is 0 Å². The zero-order chi connectivity index (χ0) is 13.1. The lowest BCUT2D eigenvalue weighted by molar-refractivity contribution is 0.392. The van der Waals surface area contributed by atoms with Gasteiger partial charge >= 0.3 is 0 Å². The van der Waals surface area contributed by atoms with Crippen LogP contribution in [0.15, 0.2) is 51.2 Å². The number of hydrogen-bond donors (Lipinski definition) is 0. The second-order valence-electron chi connectivity index (χ2n) is 3.74. The van der Waals surface area contributed by atoms with Crippen molar-refractivity contribution in [2.45, 2.75) is 10.6 Å². The maximum absolute atomic E-state index is 5.93. The Labute approximate surface area is 123 Å². The highest BCUT2D eigenvalue weighted by atomic mass is 35.5. The second kappa shape index (κ2) is 5.77. The summed E-state index contributed by atoms with van der Waals surface area (Å²) in [6, 6.07) is 11.7. The number of hydrogen-bond acceptors (Lipinski definition) is 5. The van der Waals surface area contributed by atoms with E-state index < -0.39 is 0 Å². The highest BCUT2D eigenvalue weighted by Gasteiger charge is 2.09. The summed E-state index contributed by atoms with van der Waals surface area (Å²) in [4.78, 5) is 6.47. The molecule has 3 nitrogen and oxygen atoms in total. The molecule has 0 saturated carbocycles. The number of nitrogens with zero attached hydrogens (tertiary/aromatic N) is 2. The molecular weight excluding hydrogens is 300 g/mol. The normalized spacial score (nSPS) is 10.8. The molecule has 6 heteroatoms. The van der Waals surface area contributed by atoms with Crippen LogP contribution >= 0.6 is 34.7 Å². The quantitative estimate of drug-likeness (QED) is 0.652. The van der Waals surface area contributed by atoms with Crippen LogP contribution in [0.4, 0.5) is 0 Å². The molecule has 0 saturated heterocycles. The molecule has 2 aromatic heterocycles. The Morgan fingerprint density at radius 3 is 3.00 bits per heavy atom. The van der Waals surface area contributed by atoms with E-state index in [1.165, 1.54) is 0 Å². The molecule has 1 aromatic carbocycles. The summed E-state index contributed by atoms with van der Waals surface area (Å²) < 4.78 is 5.23. The van der Waals surface area contributed by atoms with Crippen molar-refractivity contribution in [3.8, 4) is 10.7 Å². The maximum Gasteiger partial charge on any atom is 0.237 e. The molecule has 19 heavy (non-hydrogen) atoms. The molecule has 0 spiro atoms. The number of benzene rings is 1. The Morgan fingerprint density at radius 1 is 1.26 bits per heavy atom. The van der Waals surface area contributed by atoms with E-state index in [0.29, 0.717) is 17.5 Å². The second-order valence-corrected chi connectivity index (χ2v) is 6.17. The number of aromatic nitrogens is 2. The van der Waals surface area contributed by atoms with E-state index in [1.807, 2.05) is 41.8 Å². The standard InChI is InChI=1S/C13H9ClN2OS2/c14-9-3-1-4-10(7-9)19-8-12-15-13(16-17-12)11-5-2-6-18-11/h1-7H,8H2. The van der Waals surface area contributed by atoms with Gasteiger partial charge in [0.25, 0.3) is 0 Å². The smallest absolute Gasteiger partial charge is 0.237 e. The number of halogens is 1. The van der Waals surface area contributed by atoms with Crippen molar-refractivity contribution in [2.75, 3.05) is 0 Å². The van der Waals surface area contributed by atoms with Crippen LogP contribution in [-0.2, 0) is 5.75 Å². The summed E-state index contributed by atoms with van der Waals surface area (Å²) in [5.41, 5.74) is 0. The van der Waals surface area contributed by atoms with Crippen molar-refractivity contribution in [1.82, 2.24) is 10.1 Å². The third kappa shape index (κ3) is 3.18. The molecule has 0 radical (unpaired) electrons. The van der Waals surface area contributed by atoms with E-state index in [4.69, 9.17) is 16.1 Å². The Kier molecular flexibility index (Phi) is 3.87.